The van der Waals surface area contributed by atoms with E-state index in [9.17, 15) is 23.1 Å². The number of carboxylic acid groups (broad SMARTS) is 1. The molecule has 0 saturated carbocycles. The number of nitrogens with zero attached hydrogens (tertiary/aromatic N) is 1. The minimum Gasteiger partial charge on any atom is -0.478 e. The van der Waals surface area contributed by atoms with E-state index in [2.05, 4.69) is 9.72 Å². The lowest BCUT2D eigenvalue weighted by atomic mass is 10.0. The highest BCUT2D eigenvalue weighted by molar-refractivity contribution is 6.04. The highest BCUT2D eigenvalue weighted by Gasteiger charge is 2.31. The molecule has 4 nitrogen and oxygen atoms in total. The van der Waals surface area contributed by atoms with E-state index < -0.39 is 18.1 Å². The number of aromatic carboxylic acids is 1. The Kier molecular flexibility index (Phi) is 4.08. The lowest BCUT2D eigenvalue weighted by molar-refractivity contribution is -0.274. The average Bonchev–Trinajstić information content (AvgIpc) is 2.52. The molecule has 0 aliphatic carbocycles. The lowest BCUT2D eigenvalue weighted by Crippen LogP contribution is -2.17. The van der Waals surface area contributed by atoms with Gasteiger partial charge >= 0.3 is 12.3 Å². The predicted octanol–water partition coefficient (Wildman–Crippen LogP) is 4.81. The second-order valence-corrected chi connectivity index (χ2v) is 5.46. The molecule has 2 aromatic carbocycles. The van der Waals surface area contributed by atoms with Gasteiger partial charge in [-0.05, 0) is 37.3 Å². The summed E-state index contributed by atoms with van der Waals surface area (Å²) < 4.78 is 41.0. The van der Waals surface area contributed by atoms with E-state index in [0.717, 1.165) is 23.3 Å². The van der Waals surface area contributed by atoms with Crippen LogP contribution in [0, 0.1) is 6.92 Å². The van der Waals surface area contributed by atoms with Gasteiger partial charge in [0, 0.05) is 10.9 Å². The maximum absolute atomic E-state index is 12.4. The number of hydrogen-bond donors (Lipinski definition) is 1. The number of ether oxygens (including phenoxy) is 1. The van der Waals surface area contributed by atoms with Gasteiger partial charge < -0.3 is 9.84 Å². The van der Waals surface area contributed by atoms with Crippen LogP contribution in [0.1, 0.15) is 15.9 Å². The van der Waals surface area contributed by atoms with Crippen molar-refractivity contribution in [1.82, 2.24) is 4.98 Å². The van der Waals surface area contributed by atoms with Crippen LogP contribution in [0.15, 0.2) is 48.5 Å². The Morgan fingerprint density at radius 2 is 1.88 bits per heavy atom. The summed E-state index contributed by atoms with van der Waals surface area (Å²) >= 11 is 0. The number of hydrogen-bond acceptors (Lipinski definition) is 3. The third-order valence-corrected chi connectivity index (χ3v) is 3.56. The quantitative estimate of drug-likeness (QED) is 0.739. The Morgan fingerprint density at radius 1 is 1.12 bits per heavy atom. The maximum Gasteiger partial charge on any atom is 0.573 e. The highest BCUT2D eigenvalue weighted by atomic mass is 19.4. The number of carbonyl (C=O) groups is 1. The second-order valence-electron chi connectivity index (χ2n) is 5.46. The molecule has 3 rings (SSSR count). The molecule has 0 unspecified atom stereocenters. The Bertz CT molecular complexity index is 967. The topological polar surface area (TPSA) is 59.4 Å². The molecule has 3 aromatic rings. The number of aryl methyl sites for hydroxylation is 1. The molecule has 1 N–H and O–H groups in total. The minimum absolute atomic E-state index is 0.0747. The number of pyridine rings is 1. The van der Waals surface area contributed by atoms with Crippen LogP contribution in [0.25, 0.3) is 22.2 Å². The fraction of sp³-hybridized carbons (Fsp3) is 0.111. The van der Waals surface area contributed by atoms with E-state index in [-0.39, 0.29) is 16.5 Å². The van der Waals surface area contributed by atoms with E-state index in [1.54, 1.807) is 6.07 Å². The van der Waals surface area contributed by atoms with Gasteiger partial charge in [0.25, 0.3) is 0 Å². The van der Waals surface area contributed by atoms with Crippen LogP contribution in [0.4, 0.5) is 13.2 Å². The van der Waals surface area contributed by atoms with Gasteiger partial charge in [-0.25, -0.2) is 9.78 Å². The van der Waals surface area contributed by atoms with Crippen LogP contribution in [0.5, 0.6) is 5.75 Å². The predicted molar refractivity (Wildman–Crippen MR) is 85.6 cm³/mol. The Morgan fingerprint density at radius 3 is 2.52 bits per heavy atom. The highest BCUT2D eigenvalue weighted by Crippen LogP contribution is 2.30. The summed E-state index contributed by atoms with van der Waals surface area (Å²) in [6.45, 7) is 1.89. The van der Waals surface area contributed by atoms with E-state index in [0.29, 0.717) is 5.69 Å². The van der Waals surface area contributed by atoms with Gasteiger partial charge in [-0.1, -0.05) is 23.8 Å². The molecule has 0 atom stereocenters. The third-order valence-electron chi connectivity index (χ3n) is 3.56. The molecule has 25 heavy (non-hydrogen) atoms. The molecule has 0 amide bonds. The summed E-state index contributed by atoms with van der Waals surface area (Å²) in [6.07, 6.45) is -4.86. The van der Waals surface area contributed by atoms with E-state index in [4.69, 9.17) is 0 Å². The van der Waals surface area contributed by atoms with Crippen molar-refractivity contribution in [2.45, 2.75) is 13.3 Å². The summed E-state index contributed by atoms with van der Waals surface area (Å²) in [7, 11) is 0. The first-order chi connectivity index (χ1) is 11.7. The molecule has 0 fully saturated rings. The van der Waals surface area contributed by atoms with Crippen molar-refractivity contribution >= 4 is 16.9 Å². The number of aromatic nitrogens is 1. The maximum atomic E-state index is 12.4. The standard InChI is InChI=1S/C18H12F3NO3/c1-10-3-2-4-11(7-10)16-9-14(17(23)24)13-8-12(25-18(19,20)21)5-6-15(13)22-16/h2-9H,1H3,(H,23,24). The van der Waals surface area contributed by atoms with Gasteiger partial charge in [0.05, 0.1) is 16.8 Å². The fourth-order valence-electron chi connectivity index (χ4n) is 2.53. The molecule has 0 bridgehead atoms. The van der Waals surface area contributed by atoms with Gasteiger partial charge in [-0.3, -0.25) is 0 Å². The first kappa shape index (κ1) is 16.8. The van der Waals surface area contributed by atoms with Crippen molar-refractivity contribution in [3.63, 3.8) is 0 Å². The average molecular weight is 347 g/mol. The molecular formula is C18H12F3NO3. The van der Waals surface area contributed by atoms with E-state index in [1.165, 1.54) is 12.1 Å². The number of carboxylic acids is 1. The number of rotatable bonds is 3. The first-order valence-corrected chi connectivity index (χ1v) is 7.24. The van der Waals surface area contributed by atoms with Crippen LogP contribution in [0.2, 0.25) is 0 Å². The van der Waals surface area contributed by atoms with Crippen LogP contribution >= 0.6 is 0 Å². The number of fused-ring (bicyclic) bond motifs is 1. The number of halogens is 3. The zero-order valence-electron chi connectivity index (χ0n) is 13.0. The Labute approximate surface area is 140 Å². The van der Waals surface area contributed by atoms with Crippen molar-refractivity contribution in [3.8, 4) is 17.0 Å². The number of alkyl halides is 3. The molecule has 0 aliphatic rings. The van der Waals surface area contributed by atoms with Crippen LogP contribution in [-0.4, -0.2) is 22.4 Å². The van der Waals surface area contributed by atoms with Crippen LogP contribution in [0.3, 0.4) is 0 Å². The molecule has 128 valence electrons. The van der Waals surface area contributed by atoms with Gasteiger partial charge in [-0.15, -0.1) is 13.2 Å². The zero-order chi connectivity index (χ0) is 18.2. The number of benzene rings is 2. The summed E-state index contributed by atoms with van der Waals surface area (Å²) in [5.74, 6) is -1.75. The van der Waals surface area contributed by atoms with Crippen LogP contribution < -0.4 is 4.74 Å². The van der Waals surface area contributed by atoms with Crippen molar-refractivity contribution in [3.05, 3.63) is 59.7 Å². The van der Waals surface area contributed by atoms with Crippen molar-refractivity contribution in [2.75, 3.05) is 0 Å². The first-order valence-electron chi connectivity index (χ1n) is 7.24. The van der Waals surface area contributed by atoms with E-state index >= 15 is 0 Å². The van der Waals surface area contributed by atoms with Crippen LogP contribution in [-0.2, 0) is 0 Å². The summed E-state index contributed by atoms with van der Waals surface area (Å²) in [5.41, 5.74) is 2.25. The van der Waals surface area contributed by atoms with Gasteiger partial charge in [0.15, 0.2) is 0 Å². The molecule has 0 aliphatic heterocycles. The van der Waals surface area contributed by atoms with Gasteiger partial charge in [0.1, 0.15) is 5.75 Å². The summed E-state index contributed by atoms with van der Waals surface area (Å²) in [6, 6.07) is 12.1. The SMILES string of the molecule is Cc1cccc(-c2cc(C(=O)O)c3cc(OC(F)(F)F)ccc3n2)c1. The van der Waals surface area contributed by atoms with E-state index in [1.807, 2.05) is 25.1 Å². The van der Waals surface area contributed by atoms with Gasteiger partial charge in [0.2, 0.25) is 0 Å². The largest absolute Gasteiger partial charge is 0.573 e. The molecule has 0 spiro atoms. The van der Waals surface area contributed by atoms with Crippen molar-refractivity contribution in [1.29, 1.82) is 0 Å². The normalized spacial score (nSPS) is 11.5. The minimum atomic E-state index is -4.86. The molecular weight excluding hydrogens is 335 g/mol. The Hall–Kier alpha value is -3.09. The second kappa shape index (κ2) is 6.08. The zero-order valence-corrected chi connectivity index (χ0v) is 13.0. The fourth-order valence-corrected chi connectivity index (χ4v) is 2.53. The van der Waals surface area contributed by atoms with Crippen molar-refractivity contribution in [2.24, 2.45) is 0 Å². The summed E-state index contributed by atoms with van der Waals surface area (Å²) in [5, 5.41) is 9.52. The smallest absolute Gasteiger partial charge is 0.478 e. The third kappa shape index (κ3) is 3.71. The molecule has 1 aromatic heterocycles. The molecule has 7 heteroatoms. The molecule has 0 saturated heterocycles. The monoisotopic (exact) mass is 347 g/mol. The van der Waals surface area contributed by atoms with Gasteiger partial charge in [-0.2, -0.15) is 0 Å². The molecule has 0 radical (unpaired) electrons. The summed E-state index contributed by atoms with van der Waals surface area (Å²) in [4.78, 5) is 15.9. The Balaban J connectivity index is 2.18. The molecule has 1 heterocycles. The lowest BCUT2D eigenvalue weighted by Gasteiger charge is -2.11. The van der Waals surface area contributed by atoms with Crippen molar-refractivity contribution < 1.29 is 27.8 Å².